The van der Waals surface area contributed by atoms with Crippen molar-refractivity contribution < 1.29 is 4.42 Å². The molecule has 1 atom stereocenters. The van der Waals surface area contributed by atoms with E-state index in [1.165, 1.54) is 0 Å². The second kappa shape index (κ2) is 5.28. The molecular weight excluding hydrogens is 234 g/mol. The van der Waals surface area contributed by atoms with Gasteiger partial charge in [0.25, 0.3) is 0 Å². The minimum atomic E-state index is 0.199. The highest BCUT2D eigenvalue weighted by Gasteiger charge is 2.12. The number of furan rings is 1. The van der Waals surface area contributed by atoms with Crippen LogP contribution in [0.4, 0.5) is 5.69 Å². The van der Waals surface area contributed by atoms with Crippen molar-refractivity contribution in [2.45, 2.75) is 26.3 Å². The van der Waals surface area contributed by atoms with Crippen molar-refractivity contribution in [2.24, 2.45) is 0 Å². The lowest BCUT2D eigenvalue weighted by Gasteiger charge is -2.17. The molecule has 90 valence electrons. The summed E-state index contributed by atoms with van der Waals surface area (Å²) in [6, 6.07) is 9.96. The summed E-state index contributed by atoms with van der Waals surface area (Å²) >= 11 is 5.94. The average Bonchev–Trinajstić information content (AvgIpc) is 2.81. The number of halogens is 1. The molecule has 1 aromatic heterocycles. The van der Waals surface area contributed by atoms with Crippen molar-refractivity contribution in [3.8, 4) is 0 Å². The van der Waals surface area contributed by atoms with Gasteiger partial charge in [-0.3, -0.25) is 0 Å². The van der Waals surface area contributed by atoms with Gasteiger partial charge in [0.1, 0.15) is 5.76 Å². The molecular formula is C14H16ClNO. The Bertz CT molecular complexity index is 479. The van der Waals surface area contributed by atoms with Crippen molar-refractivity contribution >= 4 is 17.3 Å². The van der Waals surface area contributed by atoms with Gasteiger partial charge in [-0.05, 0) is 49.2 Å². The van der Waals surface area contributed by atoms with E-state index in [2.05, 4.69) is 12.2 Å². The first-order valence-electron chi connectivity index (χ1n) is 5.76. The Morgan fingerprint density at radius 2 is 2.18 bits per heavy atom. The Labute approximate surface area is 107 Å². The number of benzene rings is 1. The average molecular weight is 250 g/mol. The standard InChI is InChI=1S/C14H16ClNO/c1-3-12(14-5-4-8-17-14)16-13-7-6-11(15)9-10(13)2/h4-9,12,16H,3H2,1-2H3. The van der Waals surface area contributed by atoms with E-state index in [1.807, 2.05) is 37.3 Å². The molecule has 0 bridgehead atoms. The van der Waals surface area contributed by atoms with Crippen LogP contribution in [-0.2, 0) is 0 Å². The Morgan fingerprint density at radius 3 is 2.76 bits per heavy atom. The molecule has 0 amide bonds. The van der Waals surface area contributed by atoms with E-state index in [9.17, 15) is 0 Å². The van der Waals surface area contributed by atoms with E-state index in [0.29, 0.717) is 0 Å². The van der Waals surface area contributed by atoms with Crippen LogP contribution in [0.5, 0.6) is 0 Å². The minimum absolute atomic E-state index is 0.199. The lowest BCUT2D eigenvalue weighted by molar-refractivity contribution is 0.474. The first-order valence-corrected chi connectivity index (χ1v) is 6.14. The molecule has 2 rings (SSSR count). The maximum absolute atomic E-state index is 5.94. The predicted molar refractivity (Wildman–Crippen MR) is 71.6 cm³/mol. The van der Waals surface area contributed by atoms with Gasteiger partial charge >= 0.3 is 0 Å². The van der Waals surface area contributed by atoms with Crippen LogP contribution in [0.15, 0.2) is 41.0 Å². The lowest BCUT2D eigenvalue weighted by atomic mass is 10.1. The van der Waals surface area contributed by atoms with Gasteiger partial charge in [-0.2, -0.15) is 0 Å². The molecule has 1 aromatic carbocycles. The zero-order valence-electron chi connectivity index (χ0n) is 10.0. The maximum atomic E-state index is 5.94. The molecule has 0 aliphatic carbocycles. The van der Waals surface area contributed by atoms with Crippen molar-refractivity contribution in [3.63, 3.8) is 0 Å². The van der Waals surface area contributed by atoms with Gasteiger partial charge in [0.15, 0.2) is 0 Å². The van der Waals surface area contributed by atoms with Crippen molar-refractivity contribution in [3.05, 3.63) is 52.9 Å². The molecule has 0 fully saturated rings. The van der Waals surface area contributed by atoms with Crippen LogP contribution < -0.4 is 5.32 Å². The third-order valence-electron chi connectivity index (χ3n) is 2.81. The molecule has 0 aliphatic heterocycles. The molecule has 3 heteroatoms. The van der Waals surface area contributed by atoms with E-state index in [0.717, 1.165) is 28.5 Å². The summed E-state index contributed by atoms with van der Waals surface area (Å²) in [5, 5.41) is 4.24. The predicted octanol–water partition coefficient (Wildman–Crippen LogP) is 4.80. The third kappa shape index (κ3) is 2.83. The Morgan fingerprint density at radius 1 is 1.35 bits per heavy atom. The summed E-state index contributed by atoms with van der Waals surface area (Å²) in [7, 11) is 0. The second-order valence-corrected chi connectivity index (χ2v) is 4.52. The van der Waals surface area contributed by atoms with Crippen LogP contribution in [0.2, 0.25) is 5.02 Å². The molecule has 0 saturated carbocycles. The van der Waals surface area contributed by atoms with E-state index >= 15 is 0 Å². The molecule has 17 heavy (non-hydrogen) atoms. The maximum Gasteiger partial charge on any atom is 0.125 e. The Kier molecular flexibility index (Phi) is 3.75. The van der Waals surface area contributed by atoms with Gasteiger partial charge in [-0.15, -0.1) is 0 Å². The fourth-order valence-electron chi connectivity index (χ4n) is 1.84. The number of anilines is 1. The summed E-state index contributed by atoms with van der Waals surface area (Å²) < 4.78 is 5.43. The third-order valence-corrected chi connectivity index (χ3v) is 3.05. The Hall–Kier alpha value is -1.41. The second-order valence-electron chi connectivity index (χ2n) is 4.08. The van der Waals surface area contributed by atoms with Crippen LogP contribution in [-0.4, -0.2) is 0 Å². The molecule has 1 N–H and O–H groups in total. The highest BCUT2D eigenvalue weighted by Crippen LogP contribution is 2.26. The monoisotopic (exact) mass is 249 g/mol. The summed E-state index contributed by atoms with van der Waals surface area (Å²) in [5.41, 5.74) is 2.24. The van der Waals surface area contributed by atoms with Crippen molar-refractivity contribution in [1.29, 1.82) is 0 Å². The normalized spacial score (nSPS) is 12.4. The van der Waals surface area contributed by atoms with Crippen LogP contribution in [0.1, 0.15) is 30.7 Å². The molecule has 0 radical (unpaired) electrons. The van der Waals surface area contributed by atoms with Gasteiger partial charge in [-0.25, -0.2) is 0 Å². The highest BCUT2D eigenvalue weighted by molar-refractivity contribution is 6.30. The molecule has 1 heterocycles. The van der Waals surface area contributed by atoms with Gasteiger partial charge in [0.05, 0.1) is 12.3 Å². The number of hydrogen-bond donors (Lipinski definition) is 1. The molecule has 0 saturated heterocycles. The summed E-state index contributed by atoms with van der Waals surface area (Å²) in [5.74, 6) is 0.960. The van der Waals surface area contributed by atoms with Crippen molar-refractivity contribution in [2.75, 3.05) is 5.32 Å². The van der Waals surface area contributed by atoms with Gasteiger partial charge in [-0.1, -0.05) is 18.5 Å². The fourth-order valence-corrected chi connectivity index (χ4v) is 2.07. The number of aryl methyl sites for hydroxylation is 1. The lowest BCUT2D eigenvalue weighted by Crippen LogP contribution is -2.09. The van der Waals surface area contributed by atoms with E-state index in [-0.39, 0.29) is 6.04 Å². The quantitative estimate of drug-likeness (QED) is 0.842. The SMILES string of the molecule is CCC(Nc1ccc(Cl)cc1C)c1ccco1. The fraction of sp³-hybridized carbons (Fsp3) is 0.286. The van der Waals surface area contributed by atoms with Crippen LogP contribution in [0, 0.1) is 6.92 Å². The summed E-state index contributed by atoms with van der Waals surface area (Å²) in [4.78, 5) is 0. The van der Waals surface area contributed by atoms with Gasteiger partial charge in [0.2, 0.25) is 0 Å². The largest absolute Gasteiger partial charge is 0.467 e. The molecule has 2 aromatic rings. The molecule has 0 aliphatic rings. The zero-order chi connectivity index (χ0) is 12.3. The summed E-state index contributed by atoms with van der Waals surface area (Å²) in [6.07, 6.45) is 2.67. The number of rotatable bonds is 4. The van der Waals surface area contributed by atoms with E-state index in [4.69, 9.17) is 16.0 Å². The van der Waals surface area contributed by atoms with Crippen molar-refractivity contribution in [1.82, 2.24) is 0 Å². The number of hydrogen-bond acceptors (Lipinski definition) is 2. The van der Waals surface area contributed by atoms with E-state index < -0.39 is 0 Å². The smallest absolute Gasteiger partial charge is 0.125 e. The van der Waals surface area contributed by atoms with Crippen LogP contribution in [0.3, 0.4) is 0 Å². The van der Waals surface area contributed by atoms with Gasteiger partial charge in [0, 0.05) is 10.7 Å². The first-order chi connectivity index (χ1) is 8.20. The van der Waals surface area contributed by atoms with Gasteiger partial charge < -0.3 is 9.73 Å². The topological polar surface area (TPSA) is 25.2 Å². The first kappa shape index (κ1) is 12.1. The molecule has 2 nitrogen and oxygen atoms in total. The Balaban J connectivity index is 2.19. The molecule has 0 spiro atoms. The van der Waals surface area contributed by atoms with Crippen LogP contribution >= 0.6 is 11.6 Å². The van der Waals surface area contributed by atoms with E-state index in [1.54, 1.807) is 6.26 Å². The number of nitrogens with one attached hydrogen (secondary N) is 1. The molecule has 1 unspecified atom stereocenters. The summed E-state index contributed by atoms with van der Waals surface area (Å²) in [6.45, 7) is 4.18. The highest BCUT2D eigenvalue weighted by atomic mass is 35.5. The minimum Gasteiger partial charge on any atom is -0.467 e. The zero-order valence-corrected chi connectivity index (χ0v) is 10.8. The van der Waals surface area contributed by atoms with Crippen LogP contribution in [0.25, 0.3) is 0 Å².